The van der Waals surface area contributed by atoms with Gasteiger partial charge in [-0.3, -0.25) is 4.90 Å². The van der Waals surface area contributed by atoms with Crippen LogP contribution in [0.25, 0.3) is 21.1 Å². The van der Waals surface area contributed by atoms with Crippen molar-refractivity contribution in [1.82, 2.24) is 20.1 Å². The Morgan fingerprint density at radius 2 is 1.95 bits per heavy atom. The SMILES string of the molecule is CC(C)Nc1ccc(-c2nnc(-c3cc(F)c(OC[C@H]4[C@H](C)OC(C)(C)N4C(=O)OC(C)(C)C)cc3Cl)s2)cn1. The van der Waals surface area contributed by atoms with Crippen molar-refractivity contribution in [2.24, 2.45) is 0 Å². The number of hydrogen-bond donors (Lipinski definition) is 1. The molecular weight excluding hydrogens is 557 g/mol. The van der Waals surface area contributed by atoms with E-state index in [9.17, 15) is 4.79 Å². The number of ether oxygens (including phenoxy) is 3. The molecule has 0 spiro atoms. The Kier molecular flexibility index (Phi) is 8.58. The van der Waals surface area contributed by atoms with Crippen LogP contribution in [0.4, 0.5) is 15.0 Å². The van der Waals surface area contributed by atoms with Gasteiger partial charge in [0.25, 0.3) is 0 Å². The minimum absolute atomic E-state index is 0.0198. The molecule has 4 rings (SSSR count). The van der Waals surface area contributed by atoms with Gasteiger partial charge in [-0.05, 0) is 73.6 Å². The van der Waals surface area contributed by atoms with Crippen molar-refractivity contribution in [2.45, 2.75) is 84.9 Å². The molecule has 2 aromatic heterocycles. The maximum atomic E-state index is 15.2. The smallest absolute Gasteiger partial charge is 0.413 e. The van der Waals surface area contributed by atoms with E-state index in [1.54, 1.807) is 40.8 Å². The van der Waals surface area contributed by atoms with Crippen LogP contribution in [0.3, 0.4) is 0 Å². The van der Waals surface area contributed by atoms with Crippen molar-refractivity contribution < 1.29 is 23.4 Å². The van der Waals surface area contributed by atoms with E-state index < -0.39 is 29.3 Å². The first-order chi connectivity index (χ1) is 18.6. The van der Waals surface area contributed by atoms with Gasteiger partial charge in [-0.25, -0.2) is 14.2 Å². The number of nitrogens with one attached hydrogen (secondary N) is 1. The van der Waals surface area contributed by atoms with Crippen LogP contribution in [-0.4, -0.2) is 62.3 Å². The number of rotatable bonds is 7. The molecule has 0 aliphatic carbocycles. The largest absolute Gasteiger partial charge is 0.488 e. The van der Waals surface area contributed by atoms with Crippen LogP contribution in [-0.2, 0) is 9.47 Å². The molecule has 216 valence electrons. The standard InChI is InChI=1S/C28H35ClFN5O4S/c1-15(2)32-23-10-9-17(13-31-23)24-33-34-25(40-24)18-11-20(30)22(12-19(18)29)37-14-21-16(3)38-28(7,8)35(21)26(36)39-27(4,5)6/h9-13,15-16,21H,14H2,1-8H3,(H,31,32)/t16-,21-/m0/s1. The summed E-state index contributed by atoms with van der Waals surface area (Å²) in [5.74, 6) is 0.106. The summed E-state index contributed by atoms with van der Waals surface area (Å²) in [5, 5.41) is 13.1. The number of amides is 1. The number of aromatic nitrogens is 3. The van der Waals surface area contributed by atoms with Crippen LogP contribution in [0.2, 0.25) is 5.02 Å². The Morgan fingerprint density at radius 1 is 1.25 bits per heavy atom. The third-order valence-electron chi connectivity index (χ3n) is 6.05. The normalized spacial score (nSPS) is 18.7. The number of anilines is 1. The Bertz CT molecular complexity index is 1360. The molecule has 1 aliphatic heterocycles. The molecular formula is C28H35ClFN5O4S. The quantitative estimate of drug-likeness (QED) is 0.313. The van der Waals surface area contributed by atoms with E-state index in [-0.39, 0.29) is 29.5 Å². The Balaban J connectivity index is 1.50. The molecule has 9 nitrogen and oxygen atoms in total. The van der Waals surface area contributed by atoms with E-state index in [0.29, 0.717) is 15.6 Å². The average Bonchev–Trinajstić information content (AvgIpc) is 3.40. The molecule has 1 aromatic carbocycles. The van der Waals surface area contributed by atoms with Gasteiger partial charge >= 0.3 is 6.09 Å². The molecule has 1 aliphatic rings. The Labute approximate surface area is 243 Å². The predicted molar refractivity (Wildman–Crippen MR) is 154 cm³/mol. The number of pyridine rings is 1. The van der Waals surface area contributed by atoms with Gasteiger partial charge in [0.1, 0.15) is 33.8 Å². The van der Waals surface area contributed by atoms with Gasteiger partial charge in [-0.2, -0.15) is 0 Å². The monoisotopic (exact) mass is 591 g/mol. The first kappa shape index (κ1) is 30.0. The van der Waals surface area contributed by atoms with Gasteiger partial charge in [0, 0.05) is 29.4 Å². The highest BCUT2D eigenvalue weighted by Crippen LogP contribution is 2.38. The highest BCUT2D eigenvalue weighted by Gasteiger charge is 2.50. The molecule has 0 unspecified atom stereocenters. The lowest BCUT2D eigenvalue weighted by atomic mass is 10.1. The lowest BCUT2D eigenvalue weighted by Crippen LogP contribution is -2.52. The summed E-state index contributed by atoms with van der Waals surface area (Å²) in [6, 6.07) is 6.21. The molecule has 3 aromatic rings. The van der Waals surface area contributed by atoms with E-state index in [4.69, 9.17) is 25.8 Å². The third-order valence-corrected chi connectivity index (χ3v) is 7.37. The second kappa shape index (κ2) is 11.5. The minimum Gasteiger partial charge on any atom is -0.488 e. The van der Waals surface area contributed by atoms with Crippen molar-refractivity contribution in [2.75, 3.05) is 11.9 Å². The molecule has 1 saturated heterocycles. The van der Waals surface area contributed by atoms with Crippen LogP contribution in [0, 0.1) is 5.82 Å². The number of hydrogen-bond acceptors (Lipinski definition) is 9. The second-order valence-corrected chi connectivity index (χ2v) is 12.8. The van der Waals surface area contributed by atoms with E-state index >= 15 is 4.39 Å². The summed E-state index contributed by atoms with van der Waals surface area (Å²) in [4.78, 5) is 18.9. The molecule has 12 heteroatoms. The van der Waals surface area contributed by atoms with E-state index in [1.165, 1.54) is 28.4 Å². The maximum absolute atomic E-state index is 15.2. The third kappa shape index (κ3) is 6.82. The van der Waals surface area contributed by atoms with Gasteiger partial charge in [-0.15, -0.1) is 10.2 Å². The van der Waals surface area contributed by atoms with Crippen LogP contribution in [0.15, 0.2) is 30.5 Å². The fourth-order valence-corrected chi connectivity index (χ4v) is 5.57. The molecule has 1 amide bonds. The average molecular weight is 592 g/mol. The van der Waals surface area contributed by atoms with Crippen molar-refractivity contribution >= 4 is 34.8 Å². The van der Waals surface area contributed by atoms with Crippen molar-refractivity contribution in [3.8, 4) is 26.9 Å². The van der Waals surface area contributed by atoms with Crippen LogP contribution < -0.4 is 10.1 Å². The Morgan fingerprint density at radius 3 is 2.58 bits per heavy atom. The molecule has 40 heavy (non-hydrogen) atoms. The van der Waals surface area contributed by atoms with Gasteiger partial charge in [0.15, 0.2) is 11.6 Å². The van der Waals surface area contributed by atoms with Gasteiger partial charge < -0.3 is 19.5 Å². The highest BCUT2D eigenvalue weighted by atomic mass is 35.5. The lowest BCUT2D eigenvalue weighted by Gasteiger charge is -2.35. The van der Waals surface area contributed by atoms with Crippen molar-refractivity contribution in [3.05, 3.63) is 41.3 Å². The zero-order valence-corrected chi connectivity index (χ0v) is 25.5. The van der Waals surface area contributed by atoms with Crippen LogP contribution >= 0.6 is 22.9 Å². The first-order valence-electron chi connectivity index (χ1n) is 13.0. The van der Waals surface area contributed by atoms with Gasteiger partial charge in [-0.1, -0.05) is 22.9 Å². The zero-order valence-electron chi connectivity index (χ0n) is 23.9. The summed E-state index contributed by atoms with van der Waals surface area (Å²) in [6.07, 6.45) is 0.811. The first-order valence-corrected chi connectivity index (χ1v) is 14.2. The fraction of sp³-hybridized carbons (Fsp3) is 0.500. The topological polar surface area (TPSA) is 98.7 Å². The molecule has 3 heterocycles. The number of nitrogens with zero attached hydrogens (tertiary/aromatic N) is 4. The number of carbonyl (C=O) groups is 1. The minimum atomic E-state index is -0.924. The number of benzene rings is 1. The van der Waals surface area contributed by atoms with E-state index in [2.05, 4.69) is 20.5 Å². The number of carbonyl (C=O) groups excluding carboxylic acids is 1. The highest BCUT2D eigenvalue weighted by molar-refractivity contribution is 7.18. The van der Waals surface area contributed by atoms with E-state index in [0.717, 1.165) is 11.4 Å². The summed E-state index contributed by atoms with van der Waals surface area (Å²) >= 11 is 7.82. The summed E-state index contributed by atoms with van der Waals surface area (Å²) in [6.45, 7) is 14.8. The maximum Gasteiger partial charge on any atom is 0.413 e. The van der Waals surface area contributed by atoms with Gasteiger partial charge in [0.05, 0.1) is 17.2 Å². The zero-order chi connectivity index (χ0) is 29.4. The number of halogens is 2. The van der Waals surface area contributed by atoms with Crippen molar-refractivity contribution in [3.63, 3.8) is 0 Å². The molecule has 0 bridgehead atoms. The summed E-state index contributed by atoms with van der Waals surface area (Å²) in [5.41, 5.74) is -0.419. The molecule has 1 N–H and O–H groups in total. The van der Waals surface area contributed by atoms with Crippen molar-refractivity contribution in [1.29, 1.82) is 0 Å². The van der Waals surface area contributed by atoms with E-state index in [1.807, 2.05) is 32.9 Å². The molecule has 1 fully saturated rings. The van der Waals surface area contributed by atoms with Gasteiger partial charge in [0.2, 0.25) is 0 Å². The van der Waals surface area contributed by atoms with Crippen LogP contribution in [0.1, 0.15) is 55.4 Å². The summed E-state index contributed by atoms with van der Waals surface area (Å²) in [7, 11) is 0. The predicted octanol–water partition coefficient (Wildman–Crippen LogP) is 7.02. The summed E-state index contributed by atoms with van der Waals surface area (Å²) < 4.78 is 32.6. The Hall–Kier alpha value is -3.02. The lowest BCUT2D eigenvalue weighted by molar-refractivity contribution is -0.0760. The second-order valence-electron chi connectivity index (χ2n) is 11.4. The molecule has 0 saturated carbocycles. The molecule has 0 radical (unpaired) electrons. The van der Waals surface area contributed by atoms with Crippen LogP contribution in [0.5, 0.6) is 5.75 Å². The fourth-order valence-electron chi connectivity index (χ4n) is 4.40. The molecule has 2 atom stereocenters.